The zero-order valence-corrected chi connectivity index (χ0v) is 15.4. The van der Waals surface area contributed by atoms with E-state index >= 15 is 0 Å². The molecule has 0 bridgehead atoms. The summed E-state index contributed by atoms with van der Waals surface area (Å²) in [4.78, 5) is 27.8. The summed E-state index contributed by atoms with van der Waals surface area (Å²) < 4.78 is 5.29. The fourth-order valence-electron chi connectivity index (χ4n) is 3.01. The van der Waals surface area contributed by atoms with E-state index in [1.54, 1.807) is 4.90 Å². The number of hydrogen-bond acceptors (Lipinski definition) is 4. The Kier molecular flexibility index (Phi) is 6.08. The summed E-state index contributed by atoms with van der Waals surface area (Å²) in [6, 6.07) is 17.2. The Morgan fingerprint density at radius 3 is 2.48 bits per heavy atom. The first kappa shape index (κ1) is 18.9. The normalized spacial score (nSPS) is 17.6. The van der Waals surface area contributed by atoms with Crippen molar-refractivity contribution in [3.63, 3.8) is 0 Å². The van der Waals surface area contributed by atoms with Gasteiger partial charge in [0.05, 0.1) is 12.6 Å². The number of benzene rings is 2. The number of aryl methyl sites for hydroxylation is 1. The quantitative estimate of drug-likeness (QED) is 0.899. The number of β-amino-alcohol motifs (C(OH)–C–C–N with tert-alkyl or cyclic N) is 1. The van der Waals surface area contributed by atoms with E-state index < -0.39 is 12.2 Å². The molecule has 0 aliphatic carbocycles. The molecule has 1 heterocycles. The van der Waals surface area contributed by atoms with Gasteiger partial charge in [-0.05, 0) is 18.1 Å². The van der Waals surface area contributed by atoms with E-state index in [2.05, 4.69) is 0 Å². The Bertz CT molecular complexity index is 777. The molecular formula is C21H24N2O4. The Balaban J connectivity index is 1.60. The molecule has 1 aliphatic rings. The number of rotatable bonds is 4. The number of amides is 2. The minimum Gasteiger partial charge on any atom is -0.445 e. The average Bonchev–Trinajstić information content (AvgIpc) is 2.81. The molecule has 1 N–H and O–H groups in total. The molecule has 142 valence electrons. The summed E-state index contributed by atoms with van der Waals surface area (Å²) in [7, 11) is 0. The summed E-state index contributed by atoms with van der Waals surface area (Å²) in [5.41, 5.74) is 3.00. The van der Waals surface area contributed by atoms with Crippen LogP contribution in [0.5, 0.6) is 0 Å². The number of aliphatic hydroxyl groups excluding tert-OH is 1. The summed E-state index contributed by atoms with van der Waals surface area (Å²) >= 11 is 0. The van der Waals surface area contributed by atoms with Crippen LogP contribution in [-0.2, 0) is 22.7 Å². The van der Waals surface area contributed by atoms with Crippen molar-refractivity contribution in [1.82, 2.24) is 9.80 Å². The second-order valence-electron chi connectivity index (χ2n) is 6.83. The molecule has 1 unspecified atom stereocenters. The molecule has 27 heavy (non-hydrogen) atoms. The van der Waals surface area contributed by atoms with Crippen molar-refractivity contribution < 1.29 is 19.4 Å². The molecule has 6 heteroatoms. The first-order chi connectivity index (χ1) is 13.0. The monoisotopic (exact) mass is 368 g/mol. The van der Waals surface area contributed by atoms with Gasteiger partial charge in [-0.25, -0.2) is 4.79 Å². The summed E-state index contributed by atoms with van der Waals surface area (Å²) in [5.74, 6) is -0.205. The Morgan fingerprint density at radius 1 is 1.07 bits per heavy atom. The van der Waals surface area contributed by atoms with E-state index in [4.69, 9.17) is 4.74 Å². The van der Waals surface area contributed by atoms with Crippen molar-refractivity contribution in [2.75, 3.05) is 19.6 Å². The molecule has 1 aliphatic heterocycles. The van der Waals surface area contributed by atoms with Gasteiger partial charge in [0, 0.05) is 13.1 Å². The number of aliphatic hydroxyl groups is 1. The van der Waals surface area contributed by atoms with E-state index in [0.717, 1.165) is 16.7 Å². The van der Waals surface area contributed by atoms with Gasteiger partial charge in [0.25, 0.3) is 0 Å². The van der Waals surface area contributed by atoms with Crippen LogP contribution in [0.3, 0.4) is 0 Å². The Morgan fingerprint density at radius 2 is 1.78 bits per heavy atom. The fourth-order valence-corrected chi connectivity index (χ4v) is 3.01. The standard InChI is InChI=1S/C21H24N2O4/c1-16-7-9-17(10-8-16)11-22-12-19(24)13-23(14-20(22)25)21(26)27-15-18-5-3-2-4-6-18/h2-10,19,24H,11-15H2,1H3. The van der Waals surface area contributed by atoms with Gasteiger partial charge in [-0.2, -0.15) is 0 Å². The van der Waals surface area contributed by atoms with Gasteiger partial charge < -0.3 is 14.7 Å². The van der Waals surface area contributed by atoms with Gasteiger partial charge in [-0.3, -0.25) is 9.69 Å². The highest BCUT2D eigenvalue weighted by atomic mass is 16.6. The number of carbonyl (C=O) groups excluding carboxylic acids is 2. The van der Waals surface area contributed by atoms with E-state index in [-0.39, 0.29) is 32.1 Å². The molecule has 0 aromatic heterocycles. The second-order valence-corrected chi connectivity index (χ2v) is 6.83. The Hall–Kier alpha value is -2.86. The molecule has 0 saturated carbocycles. The molecule has 6 nitrogen and oxygen atoms in total. The average molecular weight is 368 g/mol. The zero-order chi connectivity index (χ0) is 19.2. The van der Waals surface area contributed by atoms with Gasteiger partial charge in [-0.15, -0.1) is 0 Å². The lowest BCUT2D eigenvalue weighted by Crippen LogP contribution is -2.39. The third-order valence-electron chi connectivity index (χ3n) is 4.50. The molecule has 1 saturated heterocycles. The lowest BCUT2D eigenvalue weighted by Gasteiger charge is -2.22. The number of nitrogens with zero attached hydrogens (tertiary/aromatic N) is 2. The van der Waals surface area contributed by atoms with E-state index in [9.17, 15) is 14.7 Å². The predicted molar refractivity (Wildman–Crippen MR) is 101 cm³/mol. The maximum atomic E-state index is 12.6. The number of hydrogen-bond donors (Lipinski definition) is 1. The topological polar surface area (TPSA) is 70.1 Å². The van der Waals surface area contributed by atoms with Crippen molar-refractivity contribution >= 4 is 12.0 Å². The van der Waals surface area contributed by atoms with Crippen LogP contribution in [-0.4, -0.2) is 52.6 Å². The van der Waals surface area contributed by atoms with E-state index in [1.165, 1.54) is 4.90 Å². The van der Waals surface area contributed by atoms with Crippen LogP contribution in [0.4, 0.5) is 4.79 Å². The summed E-state index contributed by atoms with van der Waals surface area (Å²) in [5, 5.41) is 10.3. The van der Waals surface area contributed by atoms with Crippen molar-refractivity contribution in [2.45, 2.75) is 26.2 Å². The first-order valence-electron chi connectivity index (χ1n) is 8.98. The molecule has 1 fully saturated rings. The van der Waals surface area contributed by atoms with Crippen LogP contribution >= 0.6 is 0 Å². The summed E-state index contributed by atoms with van der Waals surface area (Å²) in [6.07, 6.45) is -1.41. The van der Waals surface area contributed by atoms with Crippen LogP contribution in [0.1, 0.15) is 16.7 Å². The van der Waals surface area contributed by atoms with Crippen molar-refractivity contribution in [3.8, 4) is 0 Å². The maximum Gasteiger partial charge on any atom is 0.410 e. The van der Waals surface area contributed by atoms with Crippen LogP contribution in [0.25, 0.3) is 0 Å². The molecule has 0 spiro atoms. The smallest absolute Gasteiger partial charge is 0.410 e. The molecular weight excluding hydrogens is 344 g/mol. The van der Waals surface area contributed by atoms with Crippen LogP contribution in [0.15, 0.2) is 54.6 Å². The molecule has 2 amide bonds. The lowest BCUT2D eigenvalue weighted by molar-refractivity contribution is -0.132. The van der Waals surface area contributed by atoms with Crippen LogP contribution in [0, 0.1) is 6.92 Å². The fraction of sp³-hybridized carbons (Fsp3) is 0.333. The Labute approximate surface area is 159 Å². The van der Waals surface area contributed by atoms with Gasteiger partial charge in [0.15, 0.2) is 0 Å². The highest BCUT2D eigenvalue weighted by Gasteiger charge is 2.30. The SMILES string of the molecule is Cc1ccc(CN2CC(O)CN(C(=O)OCc3ccccc3)CC2=O)cc1. The van der Waals surface area contributed by atoms with Gasteiger partial charge in [0.2, 0.25) is 5.91 Å². The van der Waals surface area contributed by atoms with Gasteiger partial charge in [0.1, 0.15) is 13.2 Å². The zero-order valence-electron chi connectivity index (χ0n) is 15.4. The molecule has 2 aromatic rings. The van der Waals surface area contributed by atoms with Crippen molar-refractivity contribution in [3.05, 3.63) is 71.3 Å². The maximum absolute atomic E-state index is 12.6. The molecule has 3 rings (SSSR count). The van der Waals surface area contributed by atoms with Crippen LogP contribution in [0.2, 0.25) is 0 Å². The highest BCUT2D eigenvalue weighted by molar-refractivity contribution is 5.83. The minimum absolute atomic E-state index is 0.0732. The van der Waals surface area contributed by atoms with E-state index in [0.29, 0.717) is 6.54 Å². The van der Waals surface area contributed by atoms with Crippen LogP contribution < -0.4 is 0 Å². The van der Waals surface area contributed by atoms with Crippen molar-refractivity contribution in [2.24, 2.45) is 0 Å². The number of ether oxygens (including phenoxy) is 1. The third-order valence-corrected chi connectivity index (χ3v) is 4.50. The minimum atomic E-state index is -0.814. The predicted octanol–water partition coefficient (Wildman–Crippen LogP) is 2.34. The van der Waals surface area contributed by atoms with Crippen molar-refractivity contribution in [1.29, 1.82) is 0 Å². The second kappa shape index (κ2) is 8.68. The lowest BCUT2D eigenvalue weighted by atomic mass is 10.1. The summed E-state index contributed by atoms with van der Waals surface area (Å²) in [6.45, 7) is 2.70. The van der Waals surface area contributed by atoms with Gasteiger partial charge in [-0.1, -0.05) is 60.2 Å². The third kappa shape index (κ3) is 5.31. The highest BCUT2D eigenvalue weighted by Crippen LogP contribution is 2.13. The first-order valence-corrected chi connectivity index (χ1v) is 8.98. The molecule has 1 atom stereocenters. The molecule has 2 aromatic carbocycles. The molecule has 0 radical (unpaired) electrons. The van der Waals surface area contributed by atoms with Gasteiger partial charge >= 0.3 is 6.09 Å². The number of carbonyl (C=O) groups is 2. The largest absolute Gasteiger partial charge is 0.445 e. The van der Waals surface area contributed by atoms with E-state index in [1.807, 2.05) is 61.5 Å².